The monoisotopic (exact) mass is 225 g/mol. The van der Waals surface area contributed by atoms with E-state index in [1.54, 1.807) is 24.3 Å². The summed E-state index contributed by atoms with van der Waals surface area (Å²) in [5.74, 6) is 0.428. The molecule has 1 atom stereocenters. The van der Waals surface area contributed by atoms with Crippen molar-refractivity contribution in [2.45, 2.75) is 19.8 Å². The van der Waals surface area contributed by atoms with Crippen LogP contribution in [0.25, 0.3) is 0 Å². The van der Waals surface area contributed by atoms with Gasteiger partial charge in [0.1, 0.15) is 0 Å². The molecule has 2 N–H and O–H groups in total. The van der Waals surface area contributed by atoms with E-state index in [-0.39, 0.29) is 11.7 Å². The van der Waals surface area contributed by atoms with Gasteiger partial charge in [0.05, 0.1) is 0 Å². The summed E-state index contributed by atoms with van der Waals surface area (Å²) < 4.78 is 0. The SMILES string of the molecule is CCC(CN)CC(=O)c1ccc(Cl)cc1. The topological polar surface area (TPSA) is 43.1 Å². The quantitative estimate of drug-likeness (QED) is 0.783. The smallest absolute Gasteiger partial charge is 0.163 e. The van der Waals surface area contributed by atoms with Crippen LogP contribution in [0.3, 0.4) is 0 Å². The summed E-state index contributed by atoms with van der Waals surface area (Å²) in [5.41, 5.74) is 6.27. The first-order chi connectivity index (χ1) is 7.17. The predicted octanol–water partition coefficient (Wildman–Crippen LogP) is 2.90. The van der Waals surface area contributed by atoms with Gasteiger partial charge in [0, 0.05) is 17.0 Å². The molecule has 0 aromatic heterocycles. The Kier molecular flexibility index (Phi) is 4.79. The van der Waals surface area contributed by atoms with E-state index in [4.69, 9.17) is 17.3 Å². The van der Waals surface area contributed by atoms with Crippen LogP contribution >= 0.6 is 11.6 Å². The maximum Gasteiger partial charge on any atom is 0.163 e. The second-order valence-electron chi connectivity index (χ2n) is 3.64. The molecule has 2 nitrogen and oxygen atoms in total. The van der Waals surface area contributed by atoms with Crippen molar-refractivity contribution in [2.24, 2.45) is 11.7 Å². The normalized spacial score (nSPS) is 12.5. The minimum atomic E-state index is 0.143. The van der Waals surface area contributed by atoms with Crippen LogP contribution in [0.1, 0.15) is 30.1 Å². The predicted molar refractivity (Wildman–Crippen MR) is 63.2 cm³/mol. The fraction of sp³-hybridized carbons (Fsp3) is 0.417. The van der Waals surface area contributed by atoms with E-state index in [0.717, 1.165) is 6.42 Å². The maximum absolute atomic E-state index is 11.8. The number of hydrogen-bond acceptors (Lipinski definition) is 2. The first kappa shape index (κ1) is 12.2. The Bertz CT molecular complexity index is 317. The molecule has 0 amide bonds. The minimum absolute atomic E-state index is 0.143. The van der Waals surface area contributed by atoms with Crippen molar-refractivity contribution in [2.75, 3.05) is 6.54 Å². The zero-order valence-corrected chi connectivity index (χ0v) is 9.63. The van der Waals surface area contributed by atoms with Crippen LogP contribution in [-0.2, 0) is 0 Å². The Morgan fingerprint density at radius 3 is 2.47 bits per heavy atom. The Balaban J connectivity index is 2.64. The van der Waals surface area contributed by atoms with Gasteiger partial charge in [-0.25, -0.2) is 0 Å². The van der Waals surface area contributed by atoms with Gasteiger partial charge < -0.3 is 5.73 Å². The van der Waals surface area contributed by atoms with Crippen molar-refractivity contribution < 1.29 is 4.79 Å². The van der Waals surface area contributed by atoms with Gasteiger partial charge >= 0.3 is 0 Å². The number of rotatable bonds is 5. The van der Waals surface area contributed by atoms with Crippen LogP contribution < -0.4 is 5.73 Å². The molecule has 3 heteroatoms. The Labute approximate surface area is 95.4 Å². The first-order valence-corrected chi connectivity index (χ1v) is 5.54. The molecule has 0 fully saturated rings. The lowest BCUT2D eigenvalue weighted by Gasteiger charge is -2.10. The summed E-state index contributed by atoms with van der Waals surface area (Å²) in [4.78, 5) is 11.8. The van der Waals surface area contributed by atoms with Crippen molar-refractivity contribution >= 4 is 17.4 Å². The van der Waals surface area contributed by atoms with E-state index in [0.29, 0.717) is 23.6 Å². The molecule has 82 valence electrons. The van der Waals surface area contributed by atoms with E-state index >= 15 is 0 Å². The van der Waals surface area contributed by atoms with Crippen LogP contribution in [0.15, 0.2) is 24.3 Å². The average molecular weight is 226 g/mol. The molecule has 0 saturated carbocycles. The molecule has 1 aromatic rings. The van der Waals surface area contributed by atoms with Gasteiger partial charge in [0.15, 0.2) is 5.78 Å². The number of hydrogen-bond donors (Lipinski definition) is 1. The fourth-order valence-corrected chi connectivity index (χ4v) is 1.54. The first-order valence-electron chi connectivity index (χ1n) is 5.16. The van der Waals surface area contributed by atoms with Crippen molar-refractivity contribution in [3.05, 3.63) is 34.9 Å². The summed E-state index contributed by atoms with van der Waals surface area (Å²) in [6.07, 6.45) is 1.46. The Hall–Kier alpha value is -0.860. The molecule has 0 aliphatic carbocycles. The third-order valence-electron chi connectivity index (χ3n) is 2.55. The zero-order valence-electron chi connectivity index (χ0n) is 8.87. The van der Waals surface area contributed by atoms with E-state index in [2.05, 4.69) is 0 Å². The van der Waals surface area contributed by atoms with Crippen molar-refractivity contribution in [3.63, 3.8) is 0 Å². The lowest BCUT2D eigenvalue weighted by Crippen LogP contribution is -2.17. The molecule has 1 aromatic carbocycles. The average Bonchev–Trinajstić information content (AvgIpc) is 2.26. The molecular weight excluding hydrogens is 210 g/mol. The van der Waals surface area contributed by atoms with Gasteiger partial charge in [0.25, 0.3) is 0 Å². The van der Waals surface area contributed by atoms with Gasteiger partial charge in [0.2, 0.25) is 0 Å². The maximum atomic E-state index is 11.8. The van der Waals surface area contributed by atoms with Crippen LogP contribution in [0, 0.1) is 5.92 Å². The minimum Gasteiger partial charge on any atom is -0.330 e. The lowest BCUT2D eigenvalue weighted by molar-refractivity contribution is 0.0961. The molecule has 15 heavy (non-hydrogen) atoms. The molecular formula is C12H16ClNO. The third-order valence-corrected chi connectivity index (χ3v) is 2.80. The Morgan fingerprint density at radius 2 is 2.00 bits per heavy atom. The van der Waals surface area contributed by atoms with Crippen molar-refractivity contribution in [3.8, 4) is 0 Å². The van der Waals surface area contributed by atoms with Gasteiger partial charge in [-0.1, -0.05) is 24.9 Å². The molecule has 0 spiro atoms. The molecule has 0 bridgehead atoms. The third kappa shape index (κ3) is 3.65. The van der Waals surface area contributed by atoms with Crippen LogP contribution in [0.2, 0.25) is 5.02 Å². The highest BCUT2D eigenvalue weighted by atomic mass is 35.5. The largest absolute Gasteiger partial charge is 0.330 e. The lowest BCUT2D eigenvalue weighted by atomic mass is 9.96. The summed E-state index contributed by atoms with van der Waals surface area (Å²) in [5, 5.41) is 0.650. The van der Waals surface area contributed by atoms with Crippen LogP contribution in [0.4, 0.5) is 0 Å². The summed E-state index contributed by atoms with van der Waals surface area (Å²) in [6, 6.07) is 6.98. The highest BCUT2D eigenvalue weighted by molar-refractivity contribution is 6.30. The summed E-state index contributed by atoms with van der Waals surface area (Å²) in [7, 11) is 0. The molecule has 0 aliphatic heterocycles. The second kappa shape index (κ2) is 5.89. The molecule has 0 saturated heterocycles. The van der Waals surface area contributed by atoms with E-state index in [9.17, 15) is 4.79 Å². The number of ketones is 1. The summed E-state index contributed by atoms with van der Waals surface area (Å²) in [6.45, 7) is 2.61. The second-order valence-corrected chi connectivity index (χ2v) is 4.08. The summed E-state index contributed by atoms with van der Waals surface area (Å²) >= 11 is 5.75. The fourth-order valence-electron chi connectivity index (χ4n) is 1.41. The molecule has 1 unspecified atom stereocenters. The Morgan fingerprint density at radius 1 is 1.40 bits per heavy atom. The molecule has 0 radical (unpaired) electrons. The molecule has 1 rings (SSSR count). The van der Waals surface area contributed by atoms with Crippen LogP contribution in [-0.4, -0.2) is 12.3 Å². The molecule has 0 aliphatic rings. The number of nitrogens with two attached hydrogens (primary N) is 1. The van der Waals surface area contributed by atoms with Gasteiger partial charge in [-0.15, -0.1) is 0 Å². The van der Waals surface area contributed by atoms with Crippen LogP contribution in [0.5, 0.6) is 0 Å². The van der Waals surface area contributed by atoms with Crippen molar-refractivity contribution in [1.29, 1.82) is 0 Å². The number of Topliss-reactive ketones (excluding diaryl/α,β-unsaturated/α-hetero) is 1. The standard InChI is InChI=1S/C12H16ClNO/c1-2-9(8-14)7-12(15)10-3-5-11(13)6-4-10/h3-6,9H,2,7-8,14H2,1H3. The van der Waals surface area contributed by atoms with Crippen molar-refractivity contribution in [1.82, 2.24) is 0 Å². The van der Waals surface area contributed by atoms with E-state index < -0.39 is 0 Å². The molecule has 0 heterocycles. The van der Waals surface area contributed by atoms with E-state index in [1.165, 1.54) is 0 Å². The zero-order chi connectivity index (χ0) is 11.3. The van der Waals surface area contributed by atoms with Gasteiger partial charge in [-0.05, 0) is 36.7 Å². The highest BCUT2D eigenvalue weighted by Crippen LogP contribution is 2.14. The van der Waals surface area contributed by atoms with E-state index in [1.807, 2.05) is 6.92 Å². The number of halogens is 1. The van der Waals surface area contributed by atoms with Gasteiger partial charge in [-0.2, -0.15) is 0 Å². The number of carbonyl (C=O) groups is 1. The highest BCUT2D eigenvalue weighted by Gasteiger charge is 2.12. The van der Waals surface area contributed by atoms with Gasteiger partial charge in [-0.3, -0.25) is 4.79 Å². The number of benzene rings is 1. The number of carbonyl (C=O) groups excluding carboxylic acids is 1.